The van der Waals surface area contributed by atoms with E-state index in [0.717, 1.165) is 29.0 Å². The Morgan fingerprint density at radius 1 is 1.05 bits per heavy atom. The summed E-state index contributed by atoms with van der Waals surface area (Å²) in [6.45, 7) is 0.398. The average molecular weight is 878 g/mol. The van der Waals surface area contributed by atoms with Crippen LogP contribution in [0.25, 0.3) is 11.2 Å². The fourth-order valence-corrected chi connectivity index (χ4v) is 8.44. The summed E-state index contributed by atoms with van der Waals surface area (Å²) in [6.07, 6.45) is -7.14. The summed E-state index contributed by atoms with van der Waals surface area (Å²) >= 11 is 1.02. The molecular weight excluding hydrogens is 838 g/mol. The number of amides is 2. The molecule has 57 heavy (non-hydrogen) atoms. The Bertz CT molecular complexity index is 2010. The number of carbonyl (C=O) groups is 3. The molecule has 1 saturated heterocycles. The van der Waals surface area contributed by atoms with Gasteiger partial charge in [0.2, 0.25) is 16.9 Å². The molecule has 310 valence electrons. The van der Waals surface area contributed by atoms with Gasteiger partial charge in [-0.1, -0.05) is 55.9 Å². The molecule has 24 nitrogen and oxygen atoms in total. The van der Waals surface area contributed by atoms with Crippen LogP contribution in [0.2, 0.25) is 0 Å². The third kappa shape index (κ3) is 14.3. The molecule has 3 aromatic rings. The molecule has 8 atom stereocenters. The second-order valence-corrected chi connectivity index (χ2v) is 17.8. The number of anilines is 1. The van der Waals surface area contributed by atoms with E-state index in [1.165, 1.54) is 13.8 Å². The molecular formula is C28H39LiN7O17P3S. The number of hydrogen-bond acceptors (Lipinski definition) is 19. The minimum absolute atomic E-state index is 0. The predicted molar refractivity (Wildman–Crippen MR) is 191 cm³/mol. The second kappa shape index (κ2) is 20.6. The number of nitrogens with one attached hydrogen (secondary N) is 2. The first-order valence-electron chi connectivity index (χ1n) is 16.2. The Labute approximate surface area is 340 Å². The van der Waals surface area contributed by atoms with Gasteiger partial charge in [-0.3, -0.25) is 32.6 Å². The second-order valence-electron chi connectivity index (χ2n) is 12.5. The smallest absolute Gasteiger partial charge is 0.756 e. The van der Waals surface area contributed by atoms with E-state index in [9.17, 15) is 57.9 Å². The number of aromatic nitrogens is 4. The maximum absolute atomic E-state index is 12.7. The van der Waals surface area contributed by atoms with E-state index in [2.05, 4.69) is 34.4 Å². The maximum atomic E-state index is 12.7. The fraction of sp³-hybridized carbons (Fsp3) is 0.500. The zero-order valence-corrected chi connectivity index (χ0v) is 33.9. The summed E-state index contributed by atoms with van der Waals surface area (Å²) in [7, 11) is -16.7. The van der Waals surface area contributed by atoms with Crippen molar-refractivity contribution in [2.45, 2.75) is 50.9 Å². The van der Waals surface area contributed by atoms with Crippen LogP contribution in [0.1, 0.15) is 36.9 Å². The summed E-state index contributed by atoms with van der Waals surface area (Å²) in [5, 5.41) is 26.2. The Kier molecular flexibility index (Phi) is 17.6. The number of imidazole rings is 1. The van der Waals surface area contributed by atoms with Crippen molar-refractivity contribution in [3.05, 3.63) is 48.5 Å². The number of phosphoric acid groups is 3. The van der Waals surface area contributed by atoms with Gasteiger partial charge >= 0.3 is 34.5 Å². The molecule has 2 aromatic heterocycles. The van der Waals surface area contributed by atoms with E-state index in [0.29, 0.717) is 11.3 Å². The van der Waals surface area contributed by atoms with E-state index >= 15 is 0 Å². The number of fused-ring (bicyclic) bond motifs is 1. The van der Waals surface area contributed by atoms with Gasteiger partial charge in [0.25, 0.3) is 7.82 Å². The van der Waals surface area contributed by atoms with E-state index in [1.807, 2.05) is 0 Å². The molecule has 0 radical (unpaired) electrons. The quantitative estimate of drug-likeness (QED) is 0.0308. The molecule has 0 spiro atoms. The molecule has 1 aliphatic rings. The molecule has 9 N–H and O–H groups in total. The van der Waals surface area contributed by atoms with Crippen molar-refractivity contribution in [3.63, 3.8) is 0 Å². The SMILES string of the molecule is CC(C)(COP(=O)(O)OP(=O)(O)OC[C@H]1O[C@@H](n2cnc3c(N)ncnc32)[C@H](O)[C@@H]1OP(=O)([O-])O)C(O)C(=O)NCCC(=O)NCCSC(=O)c1ccccc1.[Li+]. The number of hydrogen-bond donors (Lipinski definition) is 8. The minimum atomic E-state index is -5.59. The standard InChI is InChI=1S/C28H40N7O17P3S.Li/c1-28(2,22(38)25(39)31-9-8-18(36)30-10-11-56-27(40)16-6-4-3-5-7-16)13-49-55(46,47)52-54(44,45)48-12-17-21(51-53(41,42)43)20(37)26(50-17)35-15-34-19-23(29)32-14-33-24(19)35;/h3-7,14-15,17,20-22,26,37-38H,8-13H2,1-2H3,(H,30,36)(H,31,39)(H,44,45)(H,46,47)(H2,29,32,33)(H2,41,42,43);/q;+1/p-1/t17-,20-,21-,22?,26-;/m1./s1. The number of nitrogens with zero attached hydrogens (tertiary/aromatic N) is 4. The number of nitrogens with two attached hydrogens (primary N) is 1. The van der Waals surface area contributed by atoms with Gasteiger partial charge in [0.15, 0.2) is 17.7 Å². The van der Waals surface area contributed by atoms with Crippen LogP contribution >= 0.6 is 35.2 Å². The van der Waals surface area contributed by atoms with E-state index < -0.39 is 84.6 Å². The van der Waals surface area contributed by atoms with Crippen LogP contribution in [0.3, 0.4) is 0 Å². The largest absolute Gasteiger partial charge is 1.00 e. The number of ether oxygens (including phenoxy) is 1. The molecule has 3 heterocycles. The van der Waals surface area contributed by atoms with Gasteiger partial charge in [0.1, 0.15) is 36.3 Å². The average Bonchev–Trinajstić information content (AvgIpc) is 3.68. The van der Waals surface area contributed by atoms with Crippen molar-refractivity contribution in [2.24, 2.45) is 5.41 Å². The number of phosphoric ester groups is 3. The van der Waals surface area contributed by atoms with Crippen molar-refractivity contribution < 1.29 is 99.3 Å². The van der Waals surface area contributed by atoms with Crippen molar-refractivity contribution >= 4 is 69.1 Å². The van der Waals surface area contributed by atoms with Crippen LogP contribution in [0.15, 0.2) is 43.0 Å². The zero-order valence-electron chi connectivity index (χ0n) is 30.4. The van der Waals surface area contributed by atoms with E-state index in [1.54, 1.807) is 30.3 Å². The molecule has 4 rings (SSSR count). The molecule has 1 aromatic carbocycles. The van der Waals surface area contributed by atoms with E-state index in [-0.39, 0.29) is 60.5 Å². The number of nitrogen functional groups attached to an aromatic ring is 1. The first-order chi connectivity index (χ1) is 26.1. The molecule has 29 heteroatoms. The topological polar surface area (TPSA) is 366 Å². The van der Waals surface area contributed by atoms with Gasteiger partial charge in [-0.05, 0) is 0 Å². The Morgan fingerprint density at radius 3 is 2.39 bits per heavy atom. The van der Waals surface area contributed by atoms with Crippen LogP contribution in [0, 0.1) is 5.41 Å². The zero-order chi connectivity index (χ0) is 41.5. The first kappa shape index (κ1) is 48.7. The van der Waals surface area contributed by atoms with Crippen LogP contribution in [0.5, 0.6) is 0 Å². The molecule has 2 amide bonds. The summed E-state index contributed by atoms with van der Waals surface area (Å²) in [6, 6.07) is 8.57. The van der Waals surface area contributed by atoms with Crippen LogP contribution in [0.4, 0.5) is 5.82 Å². The minimum Gasteiger partial charge on any atom is -0.756 e. The third-order valence-corrected chi connectivity index (χ3v) is 11.7. The van der Waals surface area contributed by atoms with Crippen LogP contribution < -0.4 is 40.1 Å². The van der Waals surface area contributed by atoms with Gasteiger partial charge in [-0.25, -0.2) is 24.1 Å². The van der Waals surface area contributed by atoms with Gasteiger partial charge in [-0.2, -0.15) is 4.31 Å². The predicted octanol–water partition coefficient (Wildman–Crippen LogP) is -3.65. The summed E-state index contributed by atoms with van der Waals surface area (Å²) < 4.78 is 61.8. The van der Waals surface area contributed by atoms with Gasteiger partial charge in [0.05, 0.1) is 19.5 Å². The van der Waals surface area contributed by atoms with Gasteiger partial charge in [0, 0.05) is 36.2 Å². The molecule has 0 saturated carbocycles. The monoisotopic (exact) mass is 877 g/mol. The molecule has 0 bridgehead atoms. The summed E-state index contributed by atoms with van der Waals surface area (Å²) in [5.74, 6) is -1.19. The van der Waals surface area contributed by atoms with Crippen LogP contribution in [-0.4, -0.2) is 118 Å². The normalized spacial score (nSPS) is 22.0. The third-order valence-electron chi connectivity index (χ3n) is 7.74. The molecule has 4 unspecified atom stereocenters. The van der Waals surface area contributed by atoms with Crippen LogP contribution in [-0.2, 0) is 45.9 Å². The number of thioether (sulfide) groups is 1. The fourth-order valence-electron chi connectivity index (χ4n) is 4.93. The van der Waals surface area contributed by atoms with E-state index in [4.69, 9.17) is 19.5 Å². The maximum Gasteiger partial charge on any atom is 1.00 e. The van der Waals surface area contributed by atoms with Crippen molar-refractivity contribution in [3.8, 4) is 0 Å². The molecule has 1 fully saturated rings. The first-order valence-corrected chi connectivity index (χ1v) is 21.7. The number of aliphatic hydroxyl groups is 2. The number of rotatable bonds is 20. The van der Waals surface area contributed by atoms with Gasteiger partial charge in [-0.15, -0.1) is 0 Å². The molecule has 1 aliphatic heterocycles. The number of carbonyl (C=O) groups excluding carboxylic acids is 3. The summed E-state index contributed by atoms with van der Waals surface area (Å²) in [4.78, 5) is 89.7. The van der Waals surface area contributed by atoms with Crippen molar-refractivity contribution in [1.29, 1.82) is 0 Å². The van der Waals surface area contributed by atoms with Crippen molar-refractivity contribution in [1.82, 2.24) is 30.2 Å². The Balaban J connectivity index is 0.00000870. The number of benzene rings is 1. The summed E-state index contributed by atoms with van der Waals surface area (Å²) in [5.41, 5.74) is 4.73. The van der Waals surface area contributed by atoms with Gasteiger partial charge < -0.3 is 55.4 Å². The Hall–Kier alpha value is -2.62. The molecule has 0 aliphatic carbocycles. The Morgan fingerprint density at radius 2 is 1.72 bits per heavy atom. The number of aliphatic hydroxyl groups excluding tert-OH is 2. The van der Waals surface area contributed by atoms with Crippen molar-refractivity contribution in [2.75, 3.05) is 37.8 Å².